The number of nitrogens with zero attached hydrogens (tertiary/aromatic N) is 1. The SMILES string of the molecule is C=C(NOCC(=O)Nc1sc2c(c1C#N)CCCC2)c1ccc(OC)cc1. The molecule has 140 valence electrons. The quantitative estimate of drug-likeness (QED) is 0.713. The molecule has 0 radical (unpaired) electrons. The fraction of sp³-hybridized carbons (Fsp3) is 0.300. The second-order valence-electron chi connectivity index (χ2n) is 6.17. The summed E-state index contributed by atoms with van der Waals surface area (Å²) in [5, 5.41) is 12.8. The number of methoxy groups -OCH3 is 1. The highest BCUT2D eigenvalue weighted by Crippen LogP contribution is 2.37. The zero-order valence-electron chi connectivity index (χ0n) is 15.1. The minimum Gasteiger partial charge on any atom is -0.497 e. The maximum Gasteiger partial charge on any atom is 0.253 e. The van der Waals surface area contributed by atoms with Crippen LogP contribution in [0.1, 0.15) is 34.4 Å². The lowest BCUT2D eigenvalue weighted by Crippen LogP contribution is -2.23. The van der Waals surface area contributed by atoms with Crippen LogP contribution in [-0.2, 0) is 22.5 Å². The van der Waals surface area contributed by atoms with Crippen molar-refractivity contribution in [1.29, 1.82) is 5.26 Å². The van der Waals surface area contributed by atoms with Gasteiger partial charge in [0.1, 0.15) is 16.8 Å². The number of thiophene rings is 1. The van der Waals surface area contributed by atoms with Crippen LogP contribution in [0.15, 0.2) is 30.8 Å². The summed E-state index contributed by atoms with van der Waals surface area (Å²) in [6.07, 6.45) is 4.10. The molecule has 1 amide bonds. The first-order valence-electron chi connectivity index (χ1n) is 8.68. The van der Waals surface area contributed by atoms with E-state index in [9.17, 15) is 10.1 Å². The van der Waals surface area contributed by atoms with Gasteiger partial charge in [0.15, 0.2) is 6.61 Å². The summed E-state index contributed by atoms with van der Waals surface area (Å²) < 4.78 is 5.11. The Morgan fingerprint density at radius 3 is 2.74 bits per heavy atom. The molecule has 0 aliphatic heterocycles. The van der Waals surface area contributed by atoms with Crippen molar-refractivity contribution in [1.82, 2.24) is 5.48 Å². The zero-order valence-corrected chi connectivity index (χ0v) is 15.9. The third-order valence-corrected chi connectivity index (χ3v) is 5.58. The average molecular weight is 383 g/mol. The number of hydrogen-bond donors (Lipinski definition) is 2. The topological polar surface area (TPSA) is 83.4 Å². The van der Waals surface area contributed by atoms with Crippen molar-refractivity contribution in [3.8, 4) is 11.8 Å². The maximum atomic E-state index is 12.2. The van der Waals surface area contributed by atoms with Crippen LogP contribution in [0.2, 0.25) is 0 Å². The van der Waals surface area contributed by atoms with E-state index in [1.165, 1.54) is 16.2 Å². The Hall–Kier alpha value is -2.82. The number of amides is 1. The zero-order chi connectivity index (χ0) is 19.2. The van der Waals surface area contributed by atoms with E-state index in [1.54, 1.807) is 7.11 Å². The first-order chi connectivity index (χ1) is 13.1. The fourth-order valence-corrected chi connectivity index (χ4v) is 4.23. The second-order valence-corrected chi connectivity index (χ2v) is 7.28. The van der Waals surface area contributed by atoms with Gasteiger partial charge in [0, 0.05) is 4.88 Å². The standard InChI is InChI=1S/C20H21N3O3S/c1-13(14-7-9-15(25-2)10-8-14)23-26-12-19(24)22-20-17(11-21)16-5-3-4-6-18(16)27-20/h7-10,23H,1,3-6,12H2,2H3,(H,22,24). The van der Waals surface area contributed by atoms with Gasteiger partial charge in [0.2, 0.25) is 0 Å². The van der Waals surface area contributed by atoms with Crippen molar-refractivity contribution in [3.05, 3.63) is 52.4 Å². The summed E-state index contributed by atoms with van der Waals surface area (Å²) >= 11 is 1.50. The van der Waals surface area contributed by atoms with Crippen LogP contribution in [0.4, 0.5) is 5.00 Å². The third kappa shape index (κ3) is 4.48. The molecule has 0 saturated carbocycles. The van der Waals surface area contributed by atoms with Gasteiger partial charge in [-0.1, -0.05) is 6.58 Å². The molecule has 2 N–H and O–H groups in total. The molecule has 1 aliphatic rings. The number of ether oxygens (including phenoxy) is 1. The summed E-state index contributed by atoms with van der Waals surface area (Å²) in [5.41, 5.74) is 5.73. The Morgan fingerprint density at radius 1 is 1.30 bits per heavy atom. The lowest BCUT2D eigenvalue weighted by molar-refractivity contribution is -0.122. The molecule has 0 spiro atoms. The number of aryl methyl sites for hydroxylation is 1. The van der Waals surface area contributed by atoms with Crippen LogP contribution in [-0.4, -0.2) is 19.6 Å². The lowest BCUT2D eigenvalue weighted by atomic mass is 9.96. The van der Waals surface area contributed by atoms with Crippen molar-refractivity contribution in [2.45, 2.75) is 25.7 Å². The minimum atomic E-state index is -0.319. The fourth-order valence-electron chi connectivity index (χ4n) is 2.97. The molecular formula is C20H21N3O3S. The highest BCUT2D eigenvalue weighted by molar-refractivity contribution is 7.16. The van der Waals surface area contributed by atoms with E-state index >= 15 is 0 Å². The molecule has 0 bridgehead atoms. The third-order valence-electron chi connectivity index (χ3n) is 4.37. The molecular weight excluding hydrogens is 362 g/mol. The minimum absolute atomic E-state index is 0.192. The molecule has 6 nitrogen and oxygen atoms in total. The predicted octanol–water partition coefficient (Wildman–Crippen LogP) is 3.64. The maximum absolute atomic E-state index is 12.2. The van der Waals surface area contributed by atoms with E-state index in [4.69, 9.17) is 9.57 Å². The van der Waals surface area contributed by atoms with Gasteiger partial charge in [-0.3, -0.25) is 15.1 Å². The molecule has 3 rings (SSSR count). The summed E-state index contributed by atoms with van der Waals surface area (Å²) in [6, 6.07) is 9.54. The van der Waals surface area contributed by atoms with E-state index in [1.807, 2.05) is 24.3 Å². The normalized spacial score (nSPS) is 12.6. The van der Waals surface area contributed by atoms with Gasteiger partial charge in [0.25, 0.3) is 5.91 Å². The van der Waals surface area contributed by atoms with Crippen LogP contribution in [0, 0.1) is 11.3 Å². The Labute approximate surface area is 162 Å². The molecule has 0 fully saturated rings. The number of nitrogens with one attached hydrogen (secondary N) is 2. The van der Waals surface area contributed by atoms with Gasteiger partial charge >= 0.3 is 0 Å². The van der Waals surface area contributed by atoms with Gasteiger partial charge in [-0.05, 0) is 61.1 Å². The number of carbonyl (C=O) groups excluding carboxylic acids is 1. The van der Waals surface area contributed by atoms with E-state index < -0.39 is 0 Å². The number of rotatable bonds is 7. The number of hydrogen-bond acceptors (Lipinski definition) is 6. The monoisotopic (exact) mass is 383 g/mol. The molecule has 1 aromatic carbocycles. The Bertz CT molecular complexity index is 881. The van der Waals surface area contributed by atoms with Crippen molar-refractivity contribution in [2.24, 2.45) is 0 Å². The Morgan fingerprint density at radius 2 is 2.04 bits per heavy atom. The lowest BCUT2D eigenvalue weighted by Gasteiger charge is -2.10. The van der Waals surface area contributed by atoms with Crippen molar-refractivity contribution >= 4 is 27.9 Å². The predicted molar refractivity (Wildman–Crippen MR) is 105 cm³/mol. The highest BCUT2D eigenvalue weighted by Gasteiger charge is 2.21. The first-order valence-corrected chi connectivity index (χ1v) is 9.49. The smallest absolute Gasteiger partial charge is 0.253 e. The van der Waals surface area contributed by atoms with Gasteiger partial charge in [-0.2, -0.15) is 5.26 Å². The molecule has 1 aromatic heterocycles. The van der Waals surface area contributed by atoms with Gasteiger partial charge in [-0.15, -0.1) is 11.3 Å². The summed E-state index contributed by atoms with van der Waals surface area (Å²) in [7, 11) is 1.60. The van der Waals surface area contributed by atoms with Gasteiger partial charge < -0.3 is 10.1 Å². The first kappa shape index (κ1) is 19.0. The average Bonchev–Trinajstić information content (AvgIpc) is 3.04. The largest absolute Gasteiger partial charge is 0.497 e. The number of nitriles is 1. The number of anilines is 1. The molecule has 1 heterocycles. The number of fused-ring (bicyclic) bond motifs is 1. The highest BCUT2D eigenvalue weighted by atomic mass is 32.1. The molecule has 1 aliphatic carbocycles. The molecule has 2 aromatic rings. The summed E-state index contributed by atoms with van der Waals surface area (Å²) in [4.78, 5) is 18.6. The van der Waals surface area contributed by atoms with Gasteiger partial charge in [0.05, 0.1) is 18.4 Å². The molecule has 0 unspecified atom stereocenters. The number of carbonyl (C=O) groups is 1. The molecule has 0 atom stereocenters. The molecule has 0 saturated heterocycles. The van der Waals surface area contributed by atoms with Crippen molar-refractivity contribution < 1.29 is 14.4 Å². The van der Waals surface area contributed by atoms with E-state index in [2.05, 4.69) is 23.4 Å². The van der Waals surface area contributed by atoms with Gasteiger partial charge in [-0.25, -0.2) is 0 Å². The van der Waals surface area contributed by atoms with Crippen molar-refractivity contribution in [3.63, 3.8) is 0 Å². The van der Waals surface area contributed by atoms with E-state index in [0.29, 0.717) is 16.3 Å². The van der Waals surface area contributed by atoms with E-state index in [0.717, 1.165) is 42.6 Å². The Kier molecular flexibility index (Phi) is 6.12. The van der Waals surface area contributed by atoms with Crippen molar-refractivity contribution in [2.75, 3.05) is 19.0 Å². The number of hydroxylamine groups is 1. The summed E-state index contributed by atoms with van der Waals surface area (Å²) in [5.74, 6) is 0.430. The van der Waals surface area contributed by atoms with Crippen LogP contribution in [0.3, 0.4) is 0 Å². The Balaban J connectivity index is 1.52. The second kappa shape index (κ2) is 8.71. The molecule has 7 heteroatoms. The van der Waals surface area contributed by atoms with Crippen LogP contribution >= 0.6 is 11.3 Å². The van der Waals surface area contributed by atoms with Crippen LogP contribution < -0.4 is 15.5 Å². The summed E-state index contributed by atoms with van der Waals surface area (Å²) in [6.45, 7) is 3.69. The van der Waals surface area contributed by atoms with E-state index in [-0.39, 0.29) is 12.5 Å². The molecule has 27 heavy (non-hydrogen) atoms. The number of benzene rings is 1. The van der Waals surface area contributed by atoms with Crippen LogP contribution in [0.25, 0.3) is 5.70 Å². The van der Waals surface area contributed by atoms with Crippen LogP contribution in [0.5, 0.6) is 5.75 Å².